The molecule has 0 aliphatic rings. The van der Waals surface area contributed by atoms with Crippen molar-refractivity contribution in [3.05, 3.63) is 0 Å². The van der Waals surface area contributed by atoms with E-state index >= 15 is 0 Å². The van der Waals surface area contributed by atoms with Crippen molar-refractivity contribution in [3.8, 4) is 0 Å². The second-order valence-electron chi connectivity index (χ2n) is 15.6. The highest BCUT2D eigenvalue weighted by Crippen LogP contribution is 2.15. The second kappa shape index (κ2) is 42.1. The highest BCUT2D eigenvalue weighted by Gasteiger charge is 2.09. The van der Waals surface area contributed by atoms with Gasteiger partial charge in [-0.1, -0.05) is 220 Å². The van der Waals surface area contributed by atoms with Crippen LogP contribution in [0.25, 0.3) is 0 Å². The minimum Gasteiger partial charge on any atom is -0.303 e. The molecule has 0 aliphatic carbocycles. The molecular weight excluding hydrogens is 569 g/mol. The number of nitrogens with zero attached hydrogens (tertiary/aromatic N) is 2. The van der Waals surface area contributed by atoms with Crippen LogP contribution in [-0.4, -0.2) is 49.1 Å². The molecule has 0 N–H and O–H groups in total. The zero-order valence-corrected chi connectivity index (χ0v) is 33.9. The molecule has 0 aliphatic heterocycles. The van der Waals surface area contributed by atoms with Crippen LogP contribution in [0, 0.1) is 0 Å². The first-order valence-electron chi connectivity index (χ1n) is 22.7. The molecule has 0 heterocycles. The largest absolute Gasteiger partial charge is 0.303 e. The molecule has 0 amide bonds. The van der Waals surface area contributed by atoms with Gasteiger partial charge in [-0.05, 0) is 71.4 Å². The van der Waals surface area contributed by atoms with Gasteiger partial charge in [-0.2, -0.15) is 0 Å². The lowest BCUT2D eigenvalue weighted by atomic mass is 10.1. The maximum Gasteiger partial charge on any atom is -0.000655 e. The first-order valence-corrected chi connectivity index (χ1v) is 22.7. The quantitative estimate of drug-likeness (QED) is 0.0600. The molecule has 0 rings (SSSR count). The van der Waals surface area contributed by atoms with Crippen LogP contribution in [0.15, 0.2) is 0 Å². The van der Waals surface area contributed by atoms with Crippen molar-refractivity contribution in [2.24, 2.45) is 0 Å². The van der Waals surface area contributed by atoms with Crippen molar-refractivity contribution in [1.82, 2.24) is 9.80 Å². The van der Waals surface area contributed by atoms with E-state index in [1.54, 1.807) is 0 Å². The van der Waals surface area contributed by atoms with E-state index in [2.05, 4.69) is 37.5 Å². The fourth-order valence-electron chi connectivity index (χ4n) is 7.42. The summed E-state index contributed by atoms with van der Waals surface area (Å²) in [7, 11) is 0. The third kappa shape index (κ3) is 38.6. The lowest BCUT2D eigenvalue weighted by Gasteiger charge is -2.26. The smallest absolute Gasteiger partial charge is 0.000655 e. The molecule has 0 aromatic carbocycles. The Morgan fingerprint density at radius 1 is 0.170 bits per heavy atom. The predicted octanol–water partition coefficient (Wildman–Crippen LogP) is 15.3. The normalized spacial score (nSPS) is 11.9. The van der Waals surface area contributed by atoms with Crippen molar-refractivity contribution in [2.75, 3.05) is 39.3 Å². The molecule has 2 nitrogen and oxygen atoms in total. The van der Waals surface area contributed by atoms with Crippen LogP contribution in [0.4, 0.5) is 0 Å². The fourth-order valence-corrected chi connectivity index (χ4v) is 7.42. The minimum absolute atomic E-state index is 1.33. The molecule has 0 aromatic heterocycles. The summed E-state index contributed by atoms with van der Waals surface area (Å²) in [5.74, 6) is 0. The Morgan fingerprint density at radius 2 is 0.319 bits per heavy atom. The van der Waals surface area contributed by atoms with E-state index in [4.69, 9.17) is 0 Å². The second-order valence-corrected chi connectivity index (χ2v) is 15.6. The molecule has 0 aromatic rings. The Morgan fingerprint density at radius 3 is 0.532 bits per heavy atom. The molecule has 2 heteroatoms. The van der Waals surface area contributed by atoms with E-state index in [9.17, 15) is 0 Å². The van der Waals surface area contributed by atoms with Gasteiger partial charge < -0.3 is 9.80 Å². The molecule has 0 fully saturated rings. The summed E-state index contributed by atoms with van der Waals surface area (Å²) >= 11 is 0. The highest BCUT2D eigenvalue weighted by molar-refractivity contribution is 4.65. The molecule has 0 atom stereocenters. The Labute approximate surface area is 300 Å². The van der Waals surface area contributed by atoms with E-state index in [1.807, 2.05) is 0 Å². The zero-order valence-electron chi connectivity index (χ0n) is 33.9. The maximum atomic E-state index is 2.88. The van der Waals surface area contributed by atoms with Crippen LogP contribution < -0.4 is 0 Å². The van der Waals surface area contributed by atoms with Crippen molar-refractivity contribution >= 4 is 0 Å². The van der Waals surface area contributed by atoms with Gasteiger partial charge in [0.05, 0.1) is 0 Å². The SMILES string of the molecule is CCCCCCCCCCCCN(CCCCCC)CCCN(CCCCCCCCCCCC)CCCCCCCCCCCC. The number of unbranched alkanes of at least 4 members (excludes halogenated alkanes) is 30. The maximum absolute atomic E-state index is 2.88. The van der Waals surface area contributed by atoms with Crippen LogP contribution in [0.2, 0.25) is 0 Å². The van der Waals surface area contributed by atoms with E-state index in [1.165, 1.54) is 264 Å². The van der Waals surface area contributed by atoms with Gasteiger partial charge in [-0.15, -0.1) is 0 Å². The van der Waals surface area contributed by atoms with Crippen LogP contribution in [-0.2, 0) is 0 Å². The summed E-state index contributed by atoms with van der Waals surface area (Å²) < 4.78 is 0. The van der Waals surface area contributed by atoms with Gasteiger partial charge in [0.2, 0.25) is 0 Å². The van der Waals surface area contributed by atoms with Crippen LogP contribution in [0.1, 0.15) is 252 Å². The van der Waals surface area contributed by atoms with E-state index in [0.29, 0.717) is 0 Å². The topological polar surface area (TPSA) is 6.48 Å². The molecule has 284 valence electrons. The van der Waals surface area contributed by atoms with Crippen LogP contribution >= 0.6 is 0 Å². The summed E-state index contributed by atoms with van der Waals surface area (Å²) in [6.07, 6.45) is 50.4. The summed E-state index contributed by atoms with van der Waals surface area (Å²) in [6, 6.07) is 0. The van der Waals surface area contributed by atoms with E-state index < -0.39 is 0 Å². The van der Waals surface area contributed by atoms with Crippen LogP contribution in [0.5, 0.6) is 0 Å². The average molecular weight is 663 g/mol. The molecule has 0 saturated heterocycles. The van der Waals surface area contributed by atoms with Crippen molar-refractivity contribution < 1.29 is 0 Å². The summed E-state index contributed by atoms with van der Waals surface area (Å²) in [4.78, 5) is 5.74. The van der Waals surface area contributed by atoms with Gasteiger partial charge in [0.25, 0.3) is 0 Å². The van der Waals surface area contributed by atoms with E-state index in [0.717, 1.165) is 0 Å². The molecule has 47 heavy (non-hydrogen) atoms. The van der Waals surface area contributed by atoms with Crippen LogP contribution in [0.3, 0.4) is 0 Å². The molecule has 0 unspecified atom stereocenters. The highest BCUT2D eigenvalue weighted by atomic mass is 15.1. The minimum atomic E-state index is 1.33. The van der Waals surface area contributed by atoms with Gasteiger partial charge in [-0.25, -0.2) is 0 Å². The fraction of sp³-hybridized carbons (Fsp3) is 1.00. The van der Waals surface area contributed by atoms with Gasteiger partial charge >= 0.3 is 0 Å². The summed E-state index contributed by atoms with van der Waals surface area (Å²) in [6.45, 7) is 17.4. The molecule has 0 bridgehead atoms. The Bertz CT molecular complexity index is 510. The van der Waals surface area contributed by atoms with Gasteiger partial charge in [0.15, 0.2) is 0 Å². The first-order chi connectivity index (χ1) is 23.3. The number of hydrogen-bond donors (Lipinski definition) is 0. The zero-order chi connectivity index (χ0) is 34.1. The number of rotatable bonds is 42. The van der Waals surface area contributed by atoms with E-state index in [-0.39, 0.29) is 0 Å². The Balaban J connectivity index is 4.45. The summed E-state index contributed by atoms with van der Waals surface area (Å²) in [5.41, 5.74) is 0. The van der Waals surface area contributed by atoms with Gasteiger partial charge in [0.1, 0.15) is 0 Å². The van der Waals surface area contributed by atoms with Gasteiger partial charge in [0, 0.05) is 0 Å². The molecule has 0 radical (unpaired) electrons. The lowest BCUT2D eigenvalue weighted by Crippen LogP contribution is -2.32. The molecule has 0 saturated carbocycles. The Kier molecular flexibility index (Phi) is 42.0. The average Bonchev–Trinajstić information content (AvgIpc) is 3.08. The monoisotopic (exact) mass is 663 g/mol. The first kappa shape index (κ1) is 46.9. The summed E-state index contributed by atoms with van der Waals surface area (Å²) in [5, 5.41) is 0. The van der Waals surface area contributed by atoms with Crippen molar-refractivity contribution in [3.63, 3.8) is 0 Å². The van der Waals surface area contributed by atoms with Crippen molar-refractivity contribution in [1.29, 1.82) is 0 Å². The Hall–Kier alpha value is -0.0800. The standard InChI is InChI=1S/C45H94N2/c1-5-9-13-17-20-23-26-29-32-36-41-46(40-35-16-12-8-4)44-39-45-47(42-37-33-30-27-24-21-18-14-10-6-2)43-38-34-31-28-25-22-19-15-11-7-3/h5-45H2,1-4H3. The third-order valence-electron chi connectivity index (χ3n) is 10.8. The molecular formula is C45H94N2. The lowest BCUT2D eigenvalue weighted by molar-refractivity contribution is 0.215. The predicted molar refractivity (Wildman–Crippen MR) is 217 cm³/mol. The molecule has 0 spiro atoms. The van der Waals surface area contributed by atoms with Gasteiger partial charge in [-0.3, -0.25) is 0 Å². The van der Waals surface area contributed by atoms with Crippen molar-refractivity contribution in [2.45, 2.75) is 252 Å². The third-order valence-corrected chi connectivity index (χ3v) is 10.8. The number of hydrogen-bond acceptors (Lipinski definition) is 2.